The molecular formula is C20H24N2O4S. The normalized spacial score (nSPS) is 13.8. The number of anilines is 2. The van der Waals surface area contributed by atoms with Crippen LogP contribution < -0.4 is 14.4 Å². The third-order valence-electron chi connectivity index (χ3n) is 4.60. The van der Waals surface area contributed by atoms with E-state index in [0.717, 1.165) is 24.0 Å². The van der Waals surface area contributed by atoms with Crippen molar-refractivity contribution in [2.75, 3.05) is 28.5 Å². The number of nitrogens with zero attached hydrogens (tertiary/aromatic N) is 1. The van der Waals surface area contributed by atoms with Crippen LogP contribution in [0.1, 0.15) is 24.5 Å². The standard InChI is InChI=1S/C20H24N2O4S/c1-3-27(24,25)22-12-6-8-16-10-11-17(13-18(16)22)21-20(23)14-26-19-9-5-4-7-15(19)2/h4-5,7,9-11,13H,3,6,8,12,14H2,1-2H3,(H,21,23). The van der Waals surface area contributed by atoms with Gasteiger partial charge in [0.1, 0.15) is 5.75 Å². The molecule has 0 aliphatic carbocycles. The van der Waals surface area contributed by atoms with Crippen LogP contribution in [0.3, 0.4) is 0 Å². The molecule has 0 fully saturated rings. The number of ether oxygens (including phenoxy) is 1. The van der Waals surface area contributed by atoms with Crippen LogP contribution in [-0.2, 0) is 21.2 Å². The molecule has 27 heavy (non-hydrogen) atoms. The molecule has 0 unspecified atom stereocenters. The van der Waals surface area contributed by atoms with E-state index < -0.39 is 10.0 Å². The van der Waals surface area contributed by atoms with E-state index in [9.17, 15) is 13.2 Å². The Labute approximate surface area is 160 Å². The molecule has 0 spiro atoms. The van der Waals surface area contributed by atoms with Crippen LogP contribution in [0.25, 0.3) is 0 Å². The minimum atomic E-state index is -3.33. The summed E-state index contributed by atoms with van der Waals surface area (Å²) in [5, 5.41) is 2.79. The first-order valence-corrected chi connectivity index (χ1v) is 10.6. The summed E-state index contributed by atoms with van der Waals surface area (Å²) in [6.07, 6.45) is 1.62. The number of nitrogens with one attached hydrogen (secondary N) is 1. The maximum atomic E-state index is 12.4. The van der Waals surface area contributed by atoms with Crippen LogP contribution in [0, 0.1) is 6.92 Å². The van der Waals surface area contributed by atoms with Crippen molar-refractivity contribution in [1.29, 1.82) is 0 Å². The van der Waals surface area contributed by atoms with Gasteiger partial charge >= 0.3 is 0 Å². The van der Waals surface area contributed by atoms with E-state index >= 15 is 0 Å². The largest absolute Gasteiger partial charge is 0.483 e. The van der Waals surface area contributed by atoms with E-state index in [-0.39, 0.29) is 18.3 Å². The lowest BCUT2D eigenvalue weighted by molar-refractivity contribution is -0.118. The zero-order valence-electron chi connectivity index (χ0n) is 15.6. The van der Waals surface area contributed by atoms with Gasteiger partial charge in [-0.2, -0.15) is 0 Å². The third kappa shape index (κ3) is 4.42. The topological polar surface area (TPSA) is 75.7 Å². The number of benzene rings is 2. The second kappa shape index (κ2) is 8.00. The highest BCUT2D eigenvalue weighted by Crippen LogP contribution is 2.32. The Morgan fingerprint density at radius 2 is 2.00 bits per heavy atom. The fourth-order valence-electron chi connectivity index (χ4n) is 3.12. The first-order chi connectivity index (χ1) is 12.9. The van der Waals surface area contributed by atoms with Crippen LogP contribution in [0.2, 0.25) is 0 Å². The highest BCUT2D eigenvalue weighted by molar-refractivity contribution is 7.92. The van der Waals surface area contributed by atoms with Gasteiger partial charge in [0.25, 0.3) is 5.91 Å². The zero-order valence-corrected chi connectivity index (χ0v) is 16.4. The molecule has 6 nitrogen and oxygen atoms in total. The number of amides is 1. The lowest BCUT2D eigenvalue weighted by atomic mass is 10.0. The van der Waals surface area contributed by atoms with Crippen molar-refractivity contribution in [2.45, 2.75) is 26.7 Å². The molecule has 3 rings (SSSR count). The number of hydrogen-bond acceptors (Lipinski definition) is 4. The van der Waals surface area contributed by atoms with Gasteiger partial charge in [0, 0.05) is 12.2 Å². The van der Waals surface area contributed by atoms with E-state index in [1.807, 2.05) is 37.3 Å². The third-order valence-corrected chi connectivity index (χ3v) is 6.38. The molecule has 0 aromatic heterocycles. The Morgan fingerprint density at radius 3 is 2.74 bits per heavy atom. The predicted molar refractivity (Wildman–Crippen MR) is 107 cm³/mol. The molecule has 7 heteroatoms. The summed E-state index contributed by atoms with van der Waals surface area (Å²) >= 11 is 0. The number of rotatable bonds is 6. The number of para-hydroxylation sites is 1. The summed E-state index contributed by atoms with van der Waals surface area (Å²) in [6.45, 7) is 3.91. The Kier molecular flexibility index (Phi) is 5.70. The number of carbonyl (C=O) groups is 1. The van der Waals surface area contributed by atoms with E-state index in [2.05, 4.69) is 5.32 Å². The predicted octanol–water partition coefficient (Wildman–Crippen LogP) is 3.11. The van der Waals surface area contributed by atoms with Gasteiger partial charge in [0.15, 0.2) is 6.61 Å². The summed E-state index contributed by atoms with van der Waals surface area (Å²) < 4.78 is 31.7. The smallest absolute Gasteiger partial charge is 0.262 e. The van der Waals surface area contributed by atoms with Gasteiger partial charge < -0.3 is 10.1 Å². The molecule has 2 aromatic carbocycles. The second-order valence-electron chi connectivity index (χ2n) is 6.52. The number of carbonyl (C=O) groups excluding carboxylic acids is 1. The summed E-state index contributed by atoms with van der Waals surface area (Å²) in [6, 6.07) is 12.9. The fourth-order valence-corrected chi connectivity index (χ4v) is 4.31. The van der Waals surface area contributed by atoms with Crippen molar-refractivity contribution in [3.05, 3.63) is 53.6 Å². The first kappa shape index (κ1) is 19.2. The molecule has 144 valence electrons. The van der Waals surface area contributed by atoms with E-state index in [1.54, 1.807) is 19.1 Å². The highest BCUT2D eigenvalue weighted by atomic mass is 32.2. The van der Waals surface area contributed by atoms with Crippen molar-refractivity contribution in [1.82, 2.24) is 0 Å². The van der Waals surface area contributed by atoms with Crippen molar-refractivity contribution in [2.24, 2.45) is 0 Å². The van der Waals surface area contributed by atoms with Gasteiger partial charge in [-0.15, -0.1) is 0 Å². The van der Waals surface area contributed by atoms with E-state index in [1.165, 1.54) is 4.31 Å². The molecule has 1 N–H and O–H groups in total. The van der Waals surface area contributed by atoms with Crippen molar-refractivity contribution in [3.8, 4) is 5.75 Å². The molecule has 1 amide bonds. The monoisotopic (exact) mass is 388 g/mol. The van der Waals surface area contributed by atoms with Gasteiger partial charge in [-0.05, 0) is 56.0 Å². The SMILES string of the molecule is CCS(=O)(=O)N1CCCc2ccc(NC(=O)COc3ccccc3C)cc21. The number of hydrogen-bond donors (Lipinski definition) is 1. The second-order valence-corrected chi connectivity index (χ2v) is 8.70. The Balaban J connectivity index is 1.72. The maximum Gasteiger partial charge on any atom is 0.262 e. The highest BCUT2D eigenvalue weighted by Gasteiger charge is 2.26. The van der Waals surface area contributed by atoms with Crippen molar-refractivity contribution >= 4 is 27.3 Å². The molecular weight excluding hydrogens is 364 g/mol. The van der Waals surface area contributed by atoms with Crippen LogP contribution in [0.15, 0.2) is 42.5 Å². The minimum Gasteiger partial charge on any atom is -0.483 e. The average Bonchev–Trinajstić information content (AvgIpc) is 2.66. The van der Waals surface area contributed by atoms with Gasteiger partial charge in [-0.3, -0.25) is 9.10 Å². The lowest BCUT2D eigenvalue weighted by Crippen LogP contribution is -2.36. The van der Waals surface area contributed by atoms with Crippen LogP contribution in [0.5, 0.6) is 5.75 Å². The maximum absolute atomic E-state index is 12.4. The van der Waals surface area contributed by atoms with Gasteiger partial charge in [0.05, 0.1) is 11.4 Å². The van der Waals surface area contributed by atoms with Crippen LogP contribution in [0.4, 0.5) is 11.4 Å². The van der Waals surface area contributed by atoms with E-state index in [4.69, 9.17) is 4.74 Å². The fraction of sp³-hybridized carbons (Fsp3) is 0.350. The van der Waals surface area contributed by atoms with Gasteiger partial charge in [-0.25, -0.2) is 8.42 Å². The Bertz CT molecular complexity index is 941. The van der Waals surface area contributed by atoms with Crippen LogP contribution >= 0.6 is 0 Å². The van der Waals surface area contributed by atoms with Crippen LogP contribution in [-0.4, -0.2) is 33.2 Å². The Hall–Kier alpha value is -2.54. The number of sulfonamides is 1. The summed E-state index contributed by atoms with van der Waals surface area (Å²) in [5.74, 6) is 0.421. The lowest BCUT2D eigenvalue weighted by Gasteiger charge is -2.30. The molecule has 0 atom stereocenters. The molecule has 0 radical (unpaired) electrons. The molecule has 1 aliphatic heterocycles. The molecule has 1 heterocycles. The summed E-state index contributed by atoms with van der Waals surface area (Å²) in [7, 11) is -3.33. The Morgan fingerprint density at radius 1 is 1.22 bits per heavy atom. The molecule has 0 saturated carbocycles. The first-order valence-electron chi connectivity index (χ1n) is 9.02. The van der Waals surface area contributed by atoms with Crippen molar-refractivity contribution in [3.63, 3.8) is 0 Å². The van der Waals surface area contributed by atoms with E-state index in [0.29, 0.717) is 23.7 Å². The zero-order chi connectivity index (χ0) is 19.4. The average molecular weight is 388 g/mol. The van der Waals surface area contributed by atoms with Gasteiger partial charge in [0.2, 0.25) is 10.0 Å². The summed E-state index contributed by atoms with van der Waals surface area (Å²) in [5.41, 5.74) is 3.15. The quantitative estimate of drug-likeness (QED) is 0.825. The number of fused-ring (bicyclic) bond motifs is 1. The molecule has 1 aliphatic rings. The summed E-state index contributed by atoms with van der Waals surface area (Å²) in [4.78, 5) is 12.2. The molecule has 0 saturated heterocycles. The van der Waals surface area contributed by atoms with Crippen molar-refractivity contribution < 1.29 is 17.9 Å². The molecule has 2 aromatic rings. The van der Waals surface area contributed by atoms with Gasteiger partial charge in [-0.1, -0.05) is 24.3 Å². The number of aryl methyl sites for hydroxylation is 2. The minimum absolute atomic E-state index is 0.0489. The molecule has 0 bridgehead atoms.